The highest BCUT2D eigenvalue weighted by Gasteiger charge is 2.20. The maximum Gasteiger partial charge on any atom is 0.310 e. The zero-order valence-corrected chi connectivity index (χ0v) is 13.1. The molecule has 0 atom stereocenters. The Bertz CT molecular complexity index is 737. The summed E-state index contributed by atoms with van der Waals surface area (Å²) >= 11 is 1.61. The van der Waals surface area contributed by atoms with Crippen molar-refractivity contribution in [2.75, 3.05) is 6.61 Å². The molecule has 0 saturated heterocycles. The lowest BCUT2D eigenvalue weighted by atomic mass is 10.0. The summed E-state index contributed by atoms with van der Waals surface area (Å²) in [5.74, 6) is -0.117. The van der Waals surface area contributed by atoms with E-state index in [-0.39, 0.29) is 18.2 Å². The van der Waals surface area contributed by atoms with Crippen molar-refractivity contribution in [2.24, 2.45) is 0 Å². The van der Waals surface area contributed by atoms with Gasteiger partial charge in [0.1, 0.15) is 0 Å². The molecule has 0 aliphatic carbocycles. The third-order valence-electron chi connectivity index (χ3n) is 3.54. The standard InChI is InChI=1S/C18H16O3S/c1-2-21-18(20)10-12-7-8-16-13(9-12)11-15(19)14-5-3-4-6-17(14)22-16/h3-9H,2,10-11H2,1H3. The van der Waals surface area contributed by atoms with Gasteiger partial charge in [0, 0.05) is 21.8 Å². The fourth-order valence-corrected chi connectivity index (χ4v) is 3.61. The van der Waals surface area contributed by atoms with E-state index in [1.165, 1.54) is 0 Å². The second-order valence-corrected chi connectivity index (χ2v) is 6.21. The highest BCUT2D eigenvalue weighted by Crippen LogP contribution is 2.37. The molecule has 0 aromatic heterocycles. The van der Waals surface area contributed by atoms with E-state index in [0.29, 0.717) is 13.0 Å². The number of Topliss-reactive ketones (excluding diaryl/α,β-unsaturated/α-hetero) is 1. The second-order valence-electron chi connectivity index (χ2n) is 5.12. The van der Waals surface area contributed by atoms with Crippen molar-refractivity contribution < 1.29 is 14.3 Å². The Kier molecular flexibility index (Phi) is 4.29. The van der Waals surface area contributed by atoms with Crippen LogP contribution in [0.4, 0.5) is 0 Å². The predicted octanol–water partition coefficient (Wildman–Crippen LogP) is 3.68. The summed E-state index contributed by atoms with van der Waals surface area (Å²) in [5, 5.41) is 0. The Balaban J connectivity index is 1.90. The number of hydrogen-bond acceptors (Lipinski definition) is 4. The Morgan fingerprint density at radius 2 is 2.00 bits per heavy atom. The van der Waals surface area contributed by atoms with Crippen molar-refractivity contribution in [1.29, 1.82) is 0 Å². The zero-order chi connectivity index (χ0) is 15.5. The highest BCUT2D eigenvalue weighted by atomic mass is 32.2. The van der Waals surface area contributed by atoms with Crippen LogP contribution >= 0.6 is 11.8 Å². The first kappa shape index (κ1) is 14.9. The lowest BCUT2D eigenvalue weighted by Gasteiger charge is -2.08. The third kappa shape index (κ3) is 3.07. The molecule has 4 heteroatoms. The highest BCUT2D eigenvalue weighted by molar-refractivity contribution is 7.99. The van der Waals surface area contributed by atoms with Crippen molar-refractivity contribution in [3.63, 3.8) is 0 Å². The van der Waals surface area contributed by atoms with E-state index in [2.05, 4.69) is 0 Å². The summed E-state index contributed by atoms with van der Waals surface area (Å²) in [6.07, 6.45) is 0.614. The Hall–Kier alpha value is -2.07. The fraction of sp³-hybridized carbons (Fsp3) is 0.222. The third-order valence-corrected chi connectivity index (χ3v) is 4.73. The van der Waals surface area contributed by atoms with Crippen LogP contribution in [0.1, 0.15) is 28.4 Å². The summed E-state index contributed by atoms with van der Waals surface area (Å²) in [7, 11) is 0. The summed E-state index contributed by atoms with van der Waals surface area (Å²) in [5.41, 5.74) is 2.64. The van der Waals surface area contributed by atoms with E-state index >= 15 is 0 Å². The van der Waals surface area contributed by atoms with Gasteiger partial charge in [-0.25, -0.2) is 0 Å². The van der Waals surface area contributed by atoms with Gasteiger partial charge in [-0.1, -0.05) is 42.1 Å². The van der Waals surface area contributed by atoms with E-state index < -0.39 is 0 Å². The summed E-state index contributed by atoms with van der Waals surface area (Å²) < 4.78 is 4.98. The van der Waals surface area contributed by atoms with Gasteiger partial charge in [0.05, 0.1) is 13.0 Å². The van der Waals surface area contributed by atoms with E-state index in [1.54, 1.807) is 18.7 Å². The van der Waals surface area contributed by atoms with Crippen molar-refractivity contribution in [2.45, 2.75) is 29.6 Å². The van der Waals surface area contributed by atoms with E-state index in [9.17, 15) is 9.59 Å². The van der Waals surface area contributed by atoms with Gasteiger partial charge < -0.3 is 4.74 Å². The van der Waals surface area contributed by atoms with Gasteiger partial charge in [0.15, 0.2) is 5.78 Å². The van der Waals surface area contributed by atoms with Crippen molar-refractivity contribution in [3.8, 4) is 0 Å². The average molecular weight is 312 g/mol. The van der Waals surface area contributed by atoms with Crippen LogP contribution in [0.5, 0.6) is 0 Å². The molecule has 0 unspecified atom stereocenters. The number of carbonyl (C=O) groups excluding carboxylic acids is 2. The van der Waals surface area contributed by atoms with E-state index in [1.807, 2.05) is 42.5 Å². The zero-order valence-electron chi connectivity index (χ0n) is 12.3. The molecule has 1 aliphatic heterocycles. The molecule has 0 radical (unpaired) electrons. The monoisotopic (exact) mass is 312 g/mol. The van der Waals surface area contributed by atoms with Crippen LogP contribution in [0.3, 0.4) is 0 Å². The van der Waals surface area contributed by atoms with Gasteiger partial charge in [-0.05, 0) is 30.2 Å². The van der Waals surface area contributed by atoms with Gasteiger partial charge >= 0.3 is 5.97 Å². The Labute approximate surface area is 133 Å². The molecule has 3 nitrogen and oxygen atoms in total. The lowest BCUT2D eigenvalue weighted by molar-refractivity contribution is -0.142. The molecule has 0 saturated carbocycles. The Morgan fingerprint density at radius 1 is 1.18 bits per heavy atom. The number of ketones is 1. The van der Waals surface area contributed by atoms with Gasteiger partial charge in [-0.2, -0.15) is 0 Å². The SMILES string of the molecule is CCOC(=O)Cc1ccc2c(c1)CC(=O)c1ccccc1S2. The number of hydrogen-bond donors (Lipinski definition) is 0. The minimum Gasteiger partial charge on any atom is -0.466 e. The van der Waals surface area contributed by atoms with Crippen molar-refractivity contribution in [1.82, 2.24) is 0 Å². The molecule has 112 valence electrons. The normalized spacial score (nSPS) is 13.0. The quantitative estimate of drug-likeness (QED) is 0.811. The van der Waals surface area contributed by atoms with Crippen molar-refractivity contribution in [3.05, 3.63) is 59.2 Å². The van der Waals surface area contributed by atoms with Crippen LogP contribution in [-0.4, -0.2) is 18.4 Å². The van der Waals surface area contributed by atoms with E-state index in [0.717, 1.165) is 26.5 Å². The maximum atomic E-state index is 12.4. The molecule has 0 bridgehead atoms. The van der Waals surface area contributed by atoms with Gasteiger partial charge in [0.2, 0.25) is 0 Å². The van der Waals surface area contributed by atoms with Crippen LogP contribution in [0, 0.1) is 0 Å². The van der Waals surface area contributed by atoms with Crippen LogP contribution in [-0.2, 0) is 22.4 Å². The van der Waals surface area contributed by atoms with Crippen LogP contribution in [0.25, 0.3) is 0 Å². The van der Waals surface area contributed by atoms with Crippen LogP contribution in [0.2, 0.25) is 0 Å². The minimum absolute atomic E-state index is 0.120. The molecule has 0 N–H and O–H groups in total. The average Bonchev–Trinajstić information content (AvgIpc) is 2.63. The molecule has 1 heterocycles. The molecule has 0 amide bonds. The van der Waals surface area contributed by atoms with Crippen molar-refractivity contribution >= 4 is 23.5 Å². The number of rotatable bonds is 3. The second kappa shape index (κ2) is 6.36. The molecule has 3 rings (SSSR count). The van der Waals surface area contributed by atoms with E-state index in [4.69, 9.17) is 4.74 Å². The first-order valence-electron chi connectivity index (χ1n) is 7.25. The number of benzene rings is 2. The molecule has 0 fully saturated rings. The van der Waals surface area contributed by atoms with Gasteiger partial charge in [0.25, 0.3) is 0 Å². The first-order chi connectivity index (χ1) is 10.7. The van der Waals surface area contributed by atoms with Gasteiger partial charge in [-0.15, -0.1) is 0 Å². The first-order valence-corrected chi connectivity index (χ1v) is 8.06. The molecule has 22 heavy (non-hydrogen) atoms. The molecule has 1 aliphatic rings. The summed E-state index contributed by atoms with van der Waals surface area (Å²) in [6.45, 7) is 2.18. The lowest BCUT2D eigenvalue weighted by Crippen LogP contribution is -2.08. The molecule has 0 spiro atoms. The summed E-state index contributed by atoms with van der Waals surface area (Å²) in [4.78, 5) is 26.1. The van der Waals surface area contributed by atoms with Gasteiger partial charge in [-0.3, -0.25) is 9.59 Å². The predicted molar refractivity (Wildman–Crippen MR) is 85.4 cm³/mol. The summed E-state index contributed by atoms with van der Waals surface area (Å²) in [6, 6.07) is 13.5. The number of fused-ring (bicyclic) bond motifs is 2. The Morgan fingerprint density at radius 3 is 2.82 bits per heavy atom. The number of ether oxygens (including phenoxy) is 1. The van der Waals surface area contributed by atoms with Crippen LogP contribution in [0.15, 0.2) is 52.3 Å². The topological polar surface area (TPSA) is 43.4 Å². The number of esters is 1. The molecular weight excluding hydrogens is 296 g/mol. The minimum atomic E-state index is -0.238. The van der Waals surface area contributed by atoms with Crippen LogP contribution < -0.4 is 0 Å². The fourth-order valence-electron chi connectivity index (χ4n) is 2.53. The molecule has 2 aromatic carbocycles. The molecule has 2 aromatic rings. The number of carbonyl (C=O) groups is 2. The maximum absolute atomic E-state index is 12.4. The largest absolute Gasteiger partial charge is 0.466 e. The molecular formula is C18H16O3S. The smallest absolute Gasteiger partial charge is 0.310 e.